The molecule has 0 amide bonds. The van der Waals surface area contributed by atoms with Gasteiger partial charge in [-0.3, -0.25) is 0 Å². The lowest BCUT2D eigenvalue weighted by atomic mass is 10.1. The fourth-order valence-corrected chi connectivity index (χ4v) is 5.84. The molecule has 31 heavy (non-hydrogen) atoms. The highest BCUT2D eigenvalue weighted by Gasteiger charge is 2.26. The van der Waals surface area contributed by atoms with E-state index in [9.17, 15) is 5.11 Å². The van der Waals surface area contributed by atoms with Gasteiger partial charge in [0.1, 0.15) is 10.8 Å². The number of hydrogen-bond donors (Lipinski definition) is 3. The third-order valence-corrected chi connectivity index (χ3v) is 7.67. The highest BCUT2D eigenvalue weighted by molar-refractivity contribution is 7.21. The van der Waals surface area contributed by atoms with Crippen molar-refractivity contribution in [1.82, 2.24) is 15.0 Å². The zero-order valence-corrected chi connectivity index (χ0v) is 19.0. The molecule has 4 aromatic rings. The lowest BCUT2D eigenvalue weighted by Gasteiger charge is -2.18. The zero-order chi connectivity index (χ0) is 21.2. The molecule has 1 fully saturated rings. The molecule has 1 aliphatic carbocycles. The van der Waals surface area contributed by atoms with E-state index < -0.39 is 0 Å². The molecule has 3 heterocycles. The molecule has 3 aromatic heterocycles. The van der Waals surface area contributed by atoms with E-state index in [1.165, 1.54) is 4.88 Å². The van der Waals surface area contributed by atoms with E-state index in [-0.39, 0.29) is 6.61 Å². The van der Waals surface area contributed by atoms with Crippen LogP contribution in [0.2, 0.25) is 0 Å². The summed E-state index contributed by atoms with van der Waals surface area (Å²) in [4.78, 5) is 15.7. The Morgan fingerprint density at radius 3 is 2.77 bits per heavy atom. The van der Waals surface area contributed by atoms with E-state index in [0.29, 0.717) is 24.5 Å². The van der Waals surface area contributed by atoms with Gasteiger partial charge in [-0.25, -0.2) is 9.97 Å². The standard InChI is InChI=1S/C23H25N5OS2/c1-14-20(22-27-18-6-2-3-7-19(18)31-22)21(26-16-9-8-15(11-16)13-29)28-23(25-14)24-12-17-5-4-10-30-17/h2-7,10,15-16,29H,8-9,11-13H2,1H3,(H2,24,25,26,28). The molecular formula is C23H25N5OS2. The van der Waals surface area contributed by atoms with Crippen LogP contribution in [0.4, 0.5) is 11.8 Å². The molecule has 0 radical (unpaired) electrons. The van der Waals surface area contributed by atoms with E-state index in [2.05, 4.69) is 34.2 Å². The monoisotopic (exact) mass is 451 g/mol. The maximum absolute atomic E-state index is 9.54. The molecule has 0 aliphatic heterocycles. The van der Waals surface area contributed by atoms with Crippen LogP contribution in [0.3, 0.4) is 0 Å². The summed E-state index contributed by atoms with van der Waals surface area (Å²) in [6, 6.07) is 12.6. The molecule has 2 unspecified atom stereocenters. The topological polar surface area (TPSA) is 83.0 Å². The minimum Gasteiger partial charge on any atom is -0.396 e. The van der Waals surface area contributed by atoms with Crippen LogP contribution in [-0.2, 0) is 6.54 Å². The van der Waals surface area contributed by atoms with Crippen LogP contribution < -0.4 is 10.6 Å². The van der Waals surface area contributed by atoms with Gasteiger partial charge in [-0.2, -0.15) is 4.98 Å². The summed E-state index contributed by atoms with van der Waals surface area (Å²) in [5.41, 5.74) is 2.87. The van der Waals surface area contributed by atoms with E-state index in [1.54, 1.807) is 22.7 Å². The summed E-state index contributed by atoms with van der Waals surface area (Å²) in [5, 5.41) is 19.6. The third-order valence-electron chi connectivity index (χ3n) is 5.74. The quantitative estimate of drug-likeness (QED) is 0.353. The number of aliphatic hydroxyl groups excluding tert-OH is 1. The Morgan fingerprint density at radius 2 is 2.00 bits per heavy atom. The van der Waals surface area contributed by atoms with Crippen molar-refractivity contribution >= 4 is 44.7 Å². The lowest BCUT2D eigenvalue weighted by molar-refractivity contribution is 0.229. The number of thiazole rings is 1. The van der Waals surface area contributed by atoms with Crippen LogP contribution in [0.1, 0.15) is 29.8 Å². The Balaban J connectivity index is 1.50. The first-order valence-electron chi connectivity index (χ1n) is 10.6. The van der Waals surface area contributed by atoms with Gasteiger partial charge in [0.05, 0.1) is 28.0 Å². The minimum atomic E-state index is 0.249. The number of benzene rings is 1. The second-order valence-electron chi connectivity index (χ2n) is 7.98. The Labute approximate surface area is 189 Å². The van der Waals surface area contributed by atoms with Gasteiger partial charge in [0, 0.05) is 17.5 Å². The maximum atomic E-state index is 9.54. The fourth-order valence-electron chi connectivity index (χ4n) is 4.14. The normalized spacial score (nSPS) is 18.5. The van der Waals surface area contributed by atoms with Crippen LogP contribution >= 0.6 is 22.7 Å². The molecule has 1 aromatic carbocycles. The van der Waals surface area contributed by atoms with E-state index in [4.69, 9.17) is 15.0 Å². The van der Waals surface area contributed by atoms with Gasteiger partial charge in [-0.1, -0.05) is 18.2 Å². The number of aryl methyl sites for hydroxylation is 1. The number of aromatic nitrogens is 3. The Bertz CT molecular complexity index is 1140. The smallest absolute Gasteiger partial charge is 0.225 e. The number of hydrogen-bond acceptors (Lipinski definition) is 8. The summed E-state index contributed by atoms with van der Waals surface area (Å²) in [6.45, 7) is 2.97. The average molecular weight is 452 g/mol. The maximum Gasteiger partial charge on any atom is 0.225 e. The molecule has 8 heteroatoms. The number of anilines is 2. The van der Waals surface area contributed by atoms with Crippen LogP contribution in [0.25, 0.3) is 20.8 Å². The molecular weight excluding hydrogens is 426 g/mol. The molecule has 2 atom stereocenters. The van der Waals surface area contributed by atoms with Crippen molar-refractivity contribution in [3.63, 3.8) is 0 Å². The second kappa shape index (κ2) is 8.90. The summed E-state index contributed by atoms with van der Waals surface area (Å²) in [6.07, 6.45) is 3.03. The largest absolute Gasteiger partial charge is 0.396 e. The molecule has 0 bridgehead atoms. The molecule has 0 spiro atoms. The van der Waals surface area contributed by atoms with E-state index >= 15 is 0 Å². The number of rotatable bonds is 7. The molecule has 0 saturated heterocycles. The van der Waals surface area contributed by atoms with Gasteiger partial charge in [0.2, 0.25) is 5.95 Å². The Morgan fingerprint density at radius 1 is 1.10 bits per heavy atom. The van der Waals surface area contributed by atoms with Gasteiger partial charge in [0.15, 0.2) is 0 Å². The molecule has 1 aliphatic rings. The molecule has 6 nitrogen and oxygen atoms in total. The zero-order valence-electron chi connectivity index (χ0n) is 17.3. The SMILES string of the molecule is Cc1nc(NCc2cccs2)nc(NC2CCC(CO)C2)c1-c1nc2ccccc2s1. The Hall–Kier alpha value is -2.55. The number of para-hydroxylation sites is 1. The van der Waals surface area contributed by atoms with E-state index in [0.717, 1.165) is 51.6 Å². The number of thiophene rings is 1. The van der Waals surface area contributed by atoms with Crippen molar-refractivity contribution in [3.05, 3.63) is 52.3 Å². The summed E-state index contributed by atoms with van der Waals surface area (Å²) in [7, 11) is 0. The third kappa shape index (κ3) is 4.42. The molecule has 5 rings (SSSR count). The summed E-state index contributed by atoms with van der Waals surface area (Å²) < 4.78 is 1.16. The van der Waals surface area contributed by atoms with Crippen molar-refractivity contribution in [1.29, 1.82) is 0 Å². The average Bonchev–Trinajstić information content (AvgIpc) is 3.52. The minimum absolute atomic E-state index is 0.249. The highest BCUT2D eigenvalue weighted by Crippen LogP contribution is 2.37. The first kappa shape index (κ1) is 20.4. The summed E-state index contributed by atoms with van der Waals surface area (Å²) >= 11 is 3.39. The molecule has 3 N–H and O–H groups in total. The molecule has 1 saturated carbocycles. The van der Waals surface area contributed by atoms with Crippen molar-refractivity contribution in [2.75, 3.05) is 17.2 Å². The van der Waals surface area contributed by atoms with Gasteiger partial charge in [0.25, 0.3) is 0 Å². The van der Waals surface area contributed by atoms with Crippen molar-refractivity contribution in [2.45, 2.75) is 38.8 Å². The number of nitrogens with one attached hydrogen (secondary N) is 2. The van der Waals surface area contributed by atoms with Gasteiger partial charge >= 0.3 is 0 Å². The number of nitrogens with zero attached hydrogens (tertiary/aromatic N) is 3. The Kier molecular flexibility index (Phi) is 5.85. The summed E-state index contributed by atoms with van der Waals surface area (Å²) in [5.74, 6) is 1.81. The predicted octanol–water partition coefficient (Wildman–Crippen LogP) is 5.31. The van der Waals surface area contributed by atoms with Crippen LogP contribution in [0.5, 0.6) is 0 Å². The van der Waals surface area contributed by atoms with Gasteiger partial charge in [-0.05, 0) is 55.7 Å². The van der Waals surface area contributed by atoms with Crippen LogP contribution in [0, 0.1) is 12.8 Å². The lowest BCUT2D eigenvalue weighted by Crippen LogP contribution is -2.19. The molecule has 160 valence electrons. The highest BCUT2D eigenvalue weighted by atomic mass is 32.1. The van der Waals surface area contributed by atoms with Crippen molar-refractivity contribution in [2.24, 2.45) is 5.92 Å². The number of fused-ring (bicyclic) bond motifs is 1. The number of aliphatic hydroxyl groups is 1. The first-order chi connectivity index (χ1) is 15.2. The van der Waals surface area contributed by atoms with Gasteiger partial charge < -0.3 is 15.7 Å². The van der Waals surface area contributed by atoms with Crippen molar-refractivity contribution in [3.8, 4) is 10.6 Å². The first-order valence-corrected chi connectivity index (χ1v) is 12.3. The fraction of sp³-hybridized carbons (Fsp3) is 0.348. The second-order valence-corrected chi connectivity index (χ2v) is 10.0. The van der Waals surface area contributed by atoms with Gasteiger partial charge in [-0.15, -0.1) is 22.7 Å². The van der Waals surface area contributed by atoms with Crippen LogP contribution in [0.15, 0.2) is 41.8 Å². The van der Waals surface area contributed by atoms with E-state index in [1.807, 2.05) is 25.1 Å². The van der Waals surface area contributed by atoms with Crippen LogP contribution in [-0.4, -0.2) is 32.7 Å². The van der Waals surface area contributed by atoms with Crippen molar-refractivity contribution < 1.29 is 5.11 Å². The predicted molar refractivity (Wildman–Crippen MR) is 129 cm³/mol.